The van der Waals surface area contributed by atoms with E-state index in [0.29, 0.717) is 5.56 Å². The second-order valence-corrected chi connectivity index (χ2v) is 4.35. The van der Waals surface area contributed by atoms with Gasteiger partial charge in [0, 0.05) is 17.8 Å². The Hall–Kier alpha value is -2.49. The first-order valence-electron chi connectivity index (χ1n) is 6.07. The van der Waals surface area contributed by atoms with Crippen LogP contribution in [0.1, 0.15) is 16.7 Å². The SMILES string of the molecule is Cc1ccccc1NCc1ccc(C(N)=NO)cc1. The molecule has 0 atom stereocenters. The van der Waals surface area contributed by atoms with Gasteiger partial charge in [0.25, 0.3) is 0 Å². The molecule has 0 saturated carbocycles. The molecular formula is C15H17N3O. The largest absolute Gasteiger partial charge is 0.409 e. The van der Waals surface area contributed by atoms with Crippen molar-refractivity contribution in [1.82, 2.24) is 0 Å². The van der Waals surface area contributed by atoms with Crippen LogP contribution < -0.4 is 11.1 Å². The Bertz CT molecular complexity index is 576. The van der Waals surface area contributed by atoms with Gasteiger partial charge in [-0.3, -0.25) is 0 Å². The highest BCUT2D eigenvalue weighted by molar-refractivity contribution is 5.96. The van der Waals surface area contributed by atoms with Gasteiger partial charge in [-0.05, 0) is 24.1 Å². The van der Waals surface area contributed by atoms with Gasteiger partial charge in [-0.25, -0.2) is 0 Å². The monoisotopic (exact) mass is 255 g/mol. The van der Waals surface area contributed by atoms with Crippen molar-refractivity contribution in [3.8, 4) is 0 Å². The van der Waals surface area contributed by atoms with Gasteiger partial charge in [0.15, 0.2) is 5.84 Å². The number of hydrogen-bond donors (Lipinski definition) is 3. The maximum Gasteiger partial charge on any atom is 0.170 e. The van der Waals surface area contributed by atoms with Gasteiger partial charge in [0.05, 0.1) is 0 Å². The summed E-state index contributed by atoms with van der Waals surface area (Å²) in [5.41, 5.74) is 9.71. The number of benzene rings is 2. The number of nitrogens with two attached hydrogens (primary N) is 1. The quantitative estimate of drug-likeness (QED) is 0.340. The van der Waals surface area contributed by atoms with Gasteiger partial charge in [0.2, 0.25) is 0 Å². The Morgan fingerprint density at radius 3 is 2.47 bits per heavy atom. The number of rotatable bonds is 4. The van der Waals surface area contributed by atoms with Crippen LogP contribution in [0.25, 0.3) is 0 Å². The van der Waals surface area contributed by atoms with Crippen molar-refractivity contribution in [3.05, 3.63) is 65.2 Å². The Balaban J connectivity index is 2.03. The fourth-order valence-corrected chi connectivity index (χ4v) is 1.82. The summed E-state index contributed by atoms with van der Waals surface area (Å²) in [4.78, 5) is 0. The van der Waals surface area contributed by atoms with Crippen LogP contribution in [0.15, 0.2) is 53.7 Å². The van der Waals surface area contributed by atoms with E-state index in [0.717, 1.165) is 17.8 Å². The molecule has 19 heavy (non-hydrogen) atoms. The normalized spacial score (nSPS) is 11.3. The van der Waals surface area contributed by atoms with Gasteiger partial charge in [-0.15, -0.1) is 0 Å². The predicted molar refractivity (Wildman–Crippen MR) is 77.5 cm³/mol. The second-order valence-electron chi connectivity index (χ2n) is 4.35. The van der Waals surface area contributed by atoms with Crippen molar-refractivity contribution in [3.63, 3.8) is 0 Å². The highest BCUT2D eigenvalue weighted by Crippen LogP contribution is 2.14. The molecule has 0 aliphatic heterocycles. The van der Waals surface area contributed by atoms with Gasteiger partial charge in [0.1, 0.15) is 0 Å². The first-order valence-corrected chi connectivity index (χ1v) is 6.07. The van der Waals surface area contributed by atoms with Crippen molar-refractivity contribution in [2.75, 3.05) is 5.32 Å². The molecule has 0 radical (unpaired) electrons. The zero-order valence-electron chi connectivity index (χ0n) is 10.8. The zero-order valence-corrected chi connectivity index (χ0v) is 10.8. The summed E-state index contributed by atoms with van der Waals surface area (Å²) >= 11 is 0. The third-order valence-corrected chi connectivity index (χ3v) is 2.99. The van der Waals surface area contributed by atoms with E-state index in [2.05, 4.69) is 29.5 Å². The molecule has 0 aliphatic rings. The van der Waals surface area contributed by atoms with Crippen LogP contribution in [0.2, 0.25) is 0 Å². The zero-order chi connectivity index (χ0) is 13.7. The van der Waals surface area contributed by atoms with Gasteiger partial charge in [-0.2, -0.15) is 0 Å². The van der Waals surface area contributed by atoms with Crippen molar-refractivity contribution >= 4 is 11.5 Å². The summed E-state index contributed by atoms with van der Waals surface area (Å²) in [5, 5.41) is 14.9. The van der Waals surface area contributed by atoms with Crippen LogP contribution in [-0.2, 0) is 6.54 Å². The van der Waals surface area contributed by atoms with Crippen LogP contribution in [0.5, 0.6) is 0 Å². The molecule has 0 bridgehead atoms. The van der Waals surface area contributed by atoms with Crippen LogP contribution >= 0.6 is 0 Å². The maximum absolute atomic E-state index is 8.59. The lowest BCUT2D eigenvalue weighted by atomic mass is 10.1. The van der Waals surface area contributed by atoms with E-state index >= 15 is 0 Å². The van der Waals surface area contributed by atoms with Crippen LogP contribution in [-0.4, -0.2) is 11.0 Å². The number of nitrogens with zero attached hydrogens (tertiary/aromatic N) is 1. The highest BCUT2D eigenvalue weighted by atomic mass is 16.4. The summed E-state index contributed by atoms with van der Waals surface area (Å²) < 4.78 is 0. The predicted octanol–water partition coefficient (Wildman–Crippen LogP) is 2.70. The van der Waals surface area contributed by atoms with Gasteiger partial charge >= 0.3 is 0 Å². The molecule has 98 valence electrons. The maximum atomic E-state index is 8.59. The Morgan fingerprint density at radius 2 is 1.84 bits per heavy atom. The molecule has 4 heteroatoms. The molecule has 0 aromatic heterocycles. The summed E-state index contributed by atoms with van der Waals surface area (Å²) in [6.07, 6.45) is 0. The lowest BCUT2D eigenvalue weighted by Gasteiger charge is -2.09. The molecule has 0 heterocycles. The number of oxime groups is 1. The molecule has 4 N–H and O–H groups in total. The fraction of sp³-hybridized carbons (Fsp3) is 0.133. The number of hydrogen-bond acceptors (Lipinski definition) is 3. The molecule has 4 nitrogen and oxygen atoms in total. The average Bonchev–Trinajstić information content (AvgIpc) is 2.46. The smallest absolute Gasteiger partial charge is 0.170 e. The van der Waals surface area contributed by atoms with E-state index in [1.54, 1.807) is 0 Å². The van der Waals surface area contributed by atoms with E-state index < -0.39 is 0 Å². The topological polar surface area (TPSA) is 70.6 Å². The summed E-state index contributed by atoms with van der Waals surface area (Å²) in [7, 11) is 0. The lowest BCUT2D eigenvalue weighted by molar-refractivity contribution is 0.318. The van der Waals surface area contributed by atoms with E-state index in [1.165, 1.54) is 5.56 Å². The summed E-state index contributed by atoms with van der Waals surface area (Å²) in [6, 6.07) is 15.7. The summed E-state index contributed by atoms with van der Waals surface area (Å²) in [5.74, 6) is 0.124. The van der Waals surface area contributed by atoms with Crippen LogP contribution in [0, 0.1) is 6.92 Å². The Morgan fingerprint density at radius 1 is 1.16 bits per heavy atom. The number of anilines is 1. The molecule has 0 spiro atoms. The average molecular weight is 255 g/mol. The minimum absolute atomic E-state index is 0.124. The van der Waals surface area contributed by atoms with Crippen molar-refractivity contribution in [2.24, 2.45) is 10.9 Å². The molecule has 0 fully saturated rings. The number of nitrogens with one attached hydrogen (secondary N) is 1. The van der Waals surface area contributed by atoms with E-state index in [4.69, 9.17) is 10.9 Å². The Labute approximate surface area is 112 Å². The van der Waals surface area contributed by atoms with Crippen molar-refractivity contribution in [1.29, 1.82) is 0 Å². The fourth-order valence-electron chi connectivity index (χ4n) is 1.82. The second kappa shape index (κ2) is 5.91. The van der Waals surface area contributed by atoms with Crippen molar-refractivity contribution in [2.45, 2.75) is 13.5 Å². The lowest BCUT2D eigenvalue weighted by Crippen LogP contribution is -2.13. The molecule has 0 saturated heterocycles. The third kappa shape index (κ3) is 3.25. The minimum Gasteiger partial charge on any atom is -0.409 e. The summed E-state index contributed by atoms with van der Waals surface area (Å²) in [6.45, 7) is 2.81. The number of aryl methyl sites for hydroxylation is 1. The van der Waals surface area contributed by atoms with Gasteiger partial charge < -0.3 is 16.3 Å². The van der Waals surface area contributed by atoms with E-state index in [9.17, 15) is 0 Å². The first kappa shape index (κ1) is 13.0. The van der Waals surface area contributed by atoms with Crippen LogP contribution in [0.4, 0.5) is 5.69 Å². The minimum atomic E-state index is 0.124. The van der Waals surface area contributed by atoms with Gasteiger partial charge in [-0.1, -0.05) is 47.6 Å². The molecule has 0 amide bonds. The molecule has 2 aromatic rings. The third-order valence-electron chi connectivity index (χ3n) is 2.99. The Kier molecular flexibility index (Phi) is 4.03. The number of amidine groups is 1. The highest BCUT2D eigenvalue weighted by Gasteiger charge is 2.00. The first-order chi connectivity index (χ1) is 9.20. The van der Waals surface area contributed by atoms with Crippen molar-refractivity contribution < 1.29 is 5.21 Å². The molecule has 2 aromatic carbocycles. The number of para-hydroxylation sites is 1. The van der Waals surface area contributed by atoms with E-state index in [-0.39, 0.29) is 5.84 Å². The molecule has 0 unspecified atom stereocenters. The van der Waals surface area contributed by atoms with E-state index in [1.807, 2.05) is 36.4 Å². The molecule has 0 aliphatic carbocycles. The molecular weight excluding hydrogens is 238 g/mol. The van der Waals surface area contributed by atoms with Crippen LogP contribution in [0.3, 0.4) is 0 Å². The molecule has 2 rings (SSSR count). The standard InChI is InChI=1S/C15H17N3O/c1-11-4-2-3-5-14(11)17-10-12-6-8-13(9-7-12)15(16)18-19/h2-9,17,19H,10H2,1H3,(H2,16,18).